The lowest BCUT2D eigenvalue weighted by atomic mass is 9.98. The van der Waals surface area contributed by atoms with Crippen LogP contribution in [0.4, 0.5) is 0 Å². The summed E-state index contributed by atoms with van der Waals surface area (Å²) < 4.78 is 18.3. The minimum atomic E-state index is -0.351. The van der Waals surface area contributed by atoms with Crippen LogP contribution in [0.1, 0.15) is 32.6 Å². The van der Waals surface area contributed by atoms with Gasteiger partial charge in [-0.05, 0) is 43.2 Å². The minimum Gasteiger partial charge on any atom is -0.496 e. The molecular formula is C28H27NO5. The van der Waals surface area contributed by atoms with E-state index in [0.29, 0.717) is 34.5 Å². The highest BCUT2D eigenvalue weighted by Gasteiger charge is 2.20. The molecule has 0 amide bonds. The van der Waals surface area contributed by atoms with Crippen LogP contribution in [0.3, 0.4) is 0 Å². The summed E-state index contributed by atoms with van der Waals surface area (Å²) in [6, 6.07) is 16.5. The van der Waals surface area contributed by atoms with Crippen LogP contribution < -0.4 is 19.6 Å². The third kappa shape index (κ3) is 4.15. The van der Waals surface area contributed by atoms with E-state index in [0.717, 1.165) is 22.4 Å². The van der Waals surface area contributed by atoms with Gasteiger partial charge in [-0.1, -0.05) is 30.3 Å². The number of ether oxygens (including phenoxy) is 3. The molecule has 0 radical (unpaired) electrons. The van der Waals surface area contributed by atoms with Gasteiger partial charge in [0, 0.05) is 23.4 Å². The Morgan fingerprint density at radius 2 is 1.50 bits per heavy atom. The number of fused-ring (bicyclic) bond motifs is 1. The molecule has 0 fully saturated rings. The van der Waals surface area contributed by atoms with E-state index in [4.69, 9.17) is 14.2 Å². The van der Waals surface area contributed by atoms with Crippen molar-refractivity contribution in [3.05, 3.63) is 98.8 Å². The van der Waals surface area contributed by atoms with Gasteiger partial charge in [0.15, 0.2) is 17.3 Å². The molecule has 1 heterocycles. The van der Waals surface area contributed by atoms with Crippen LogP contribution in [0.15, 0.2) is 65.6 Å². The third-order valence-corrected chi connectivity index (χ3v) is 6.13. The minimum absolute atomic E-state index is 0.0953. The number of hydrogen-bond acceptors (Lipinski definition) is 5. The van der Waals surface area contributed by atoms with Gasteiger partial charge in [-0.3, -0.25) is 9.59 Å². The van der Waals surface area contributed by atoms with Gasteiger partial charge in [-0.15, -0.1) is 0 Å². The number of benzene rings is 3. The molecule has 0 aliphatic heterocycles. The Morgan fingerprint density at radius 1 is 0.824 bits per heavy atom. The largest absolute Gasteiger partial charge is 0.496 e. The number of para-hydroxylation sites is 1. The zero-order valence-electron chi connectivity index (χ0n) is 20.0. The molecular weight excluding hydrogens is 430 g/mol. The number of aromatic nitrogens is 1. The van der Waals surface area contributed by atoms with E-state index in [1.54, 1.807) is 38.6 Å². The summed E-state index contributed by atoms with van der Waals surface area (Å²) in [5, 5.41) is 0.377. The third-order valence-electron chi connectivity index (χ3n) is 6.13. The monoisotopic (exact) mass is 457 g/mol. The van der Waals surface area contributed by atoms with E-state index >= 15 is 0 Å². The molecule has 0 aliphatic carbocycles. The molecule has 0 atom stereocenters. The molecule has 0 N–H and O–H groups in total. The fourth-order valence-corrected chi connectivity index (χ4v) is 4.06. The van der Waals surface area contributed by atoms with Crippen LogP contribution in [0.25, 0.3) is 10.9 Å². The molecule has 6 nitrogen and oxygen atoms in total. The van der Waals surface area contributed by atoms with Crippen LogP contribution in [0.5, 0.6) is 17.2 Å². The van der Waals surface area contributed by atoms with E-state index in [2.05, 4.69) is 0 Å². The number of ketones is 1. The lowest BCUT2D eigenvalue weighted by Crippen LogP contribution is -2.20. The number of carbonyl (C=O) groups is 1. The van der Waals surface area contributed by atoms with Crippen molar-refractivity contribution in [3.63, 3.8) is 0 Å². The highest BCUT2D eigenvalue weighted by Crippen LogP contribution is 2.32. The van der Waals surface area contributed by atoms with Gasteiger partial charge in [0.05, 0.1) is 44.3 Å². The fourth-order valence-electron chi connectivity index (χ4n) is 4.06. The van der Waals surface area contributed by atoms with Crippen LogP contribution in [-0.4, -0.2) is 31.7 Å². The molecule has 3 aromatic carbocycles. The standard InChI is InChI=1S/C28H27NO5/c1-17-10-11-19(12-18(17)2)27(30)22-16-29(15-20-8-6-7-9-24(20)32-3)23-14-26(34-5)25(33-4)13-21(23)28(22)31/h6-14,16H,15H2,1-5H3. The van der Waals surface area contributed by atoms with Crippen molar-refractivity contribution in [3.8, 4) is 17.2 Å². The lowest BCUT2D eigenvalue weighted by Gasteiger charge is -2.17. The van der Waals surface area contributed by atoms with Crippen LogP contribution >= 0.6 is 0 Å². The van der Waals surface area contributed by atoms with Crippen molar-refractivity contribution >= 4 is 16.7 Å². The molecule has 0 saturated carbocycles. The summed E-state index contributed by atoms with van der Waals surface area (Å²) in [6.45, 7) is 4.33. The molecule has 0 unspecified atom stereocenters. The van der Waals surface area contributed by atoms with Crippen molar-refractivity contribution < 1.29 is 19.0 Å². The smallest absolute Gasteiger partial charge is 0.200 e. The molecule has 4 rings (SSSR count). The SMILES string of the molecule is COc1ccccc1Cn1cc(C(=O)c2ccc(C)c(C)c2)c(=O)c2cc(OC)c(OC)cc21. The first-order chi connectivity index (χ1) is 16.4. The topological polar surface area (TPSA) is 66.8 Å². The molecule has 4 aromatic rings. The summed E-state index contributed by atoms with van der Waals surface area (Å²) in [6.07, 6.45) is 1.63. The maximum Gasteiger partial charge on any atom is 0.200 e. The van der Waals surface area contributed by atoms with Gasteiger partial charge >= 0.3 is 0 Å². The normalized spacial score (nSPS) is 10.9. The second-order valence-corrected chi connectivity index (χ2v) is 8.16. The summed E-state index contributed by atoms with van der Waals surface area (Å²) in [5.74, 6) is 1.32. The van der Waals surface area contributed by atoms with Gasteiger partial charge in [-0.25, -0.2) is 0 Å². The number of nitrogens with zero attached hydrogens (tertiary/aromatic N) is 1. The Hall–Kier alpha value is -4.06. The Kier molecular flexibility index (Phi) is 6.41. The highest BCUT2D eigenvalue weighted by atomic mass is 16.5. The van der Waals surface area contributed by atoms with Crippen molar-refractivity contribution in [2.75, 3.05) is 21.3 Å². The molecule has 0 aliphatic rings. The fraction of sp³-hybridized carbons (Fsp3) is 0.214. The van der Waals surface area contributed by atoms with Gasteiger partial charge in [0.1, 0.15) is 5.75 Å². The maximum absolute atomic E-state index is 13.5. The van der Waals surface area contributed by atoms with Crippen LogP contribution in [0.2, 0.25) is 0 Å². The Bertz CT molecular complexity index is 1450. The molecule has 0 spiro atoms. The number of hydrogen-bond donors (Lipinski definition) is 0. The quantitative estimate of drug-likeness (QED) is 0.369. The van der Waals surface area contributed by atoms with E-state index < -0.39 is 0 Å². The number of carbonyl (C=O) groups excluding carboxylic acids is 1. The predicted octanol–water partition coefficient (Wildman–Crippen LogP) is 4.92. The molecule has 0 bridgehead atoms. The number of pyridine rings is 1. The zero-order chi connectivity index (χ0) is 24.4. The Morgan fingerprint density at radius 3 is 2.18 bits per heavy atom. The molecule has 6 heteroatoms. The second kappa shape index (κ2) is 9.43. The first-order valence-corrected chi connectivity index (χ1v) is 10.9. The number of methoxy groups -OCH3 is 3. The van der Waals surface area contributed by atoms with Crippen LogP contribution in [-0.2, 0) is 6.54 Å². The lowest BCUT2D eigenvalue weighted by molar-refractivity contribution is 0.103. The number of rotatable bonds is 7. The average Bonchev–Trinajstić information content (AvgIpc) is 2.86. The predicted molar refractivity (Wildman–Crippen MR) is 133 cm³/mol. The van der Waals surface area contributed by atoms with Crippen LogP contribution in [0, 0.1) is 13.8 Å². The van der Waals surface area contributed by atoms with Gasteiger partial charge in [0.25, 0.3) is 0 Å². The zero-order valence-corrected chi connectivity index (χ0v) is 20.0. The number of aryl methyl sites for hydroxylation is 2. The van der Waals surface area contributed by atoms with Crippen molar-refractivity contribution in [1.82, 2.24) is 4.57 Å². The maximum atomic E-state index is 13.5. The summed E-state index contributed by atoms with van der Waals surface area (Å²) in [7, 11) is 4.68. The van der Waals surface area contributed by atoms with Crippen molar-refractivity contribution in [2.45, 2.75) is 20.4 Å². The molecule has 174 valence electrons. The average molecular weight is 458 g/mol. The van der Waals surface area contributed by atoms with E-state index in [1.165, 1.54) is 7.11 Å². The first-order valence-electron chi connectivity index (χ1n) is 10.9. The molecule has 1 aromatic heterocycles. The van der Waals surface area contributed by atoms with Gasteiger partial charge in [0.2, 0.25) is 5.43 Å². The van der Waals surface area contributed by atoms with E-state index in [9.17, 15) is 9.59 Å². The Labute approximate surface area is 198 Å². The highest BCUT2D eigenvalue weighted by molar-refractivity contribution is 6.10. The van der Waals surface area contributed by atoms with Gasteiger partial charge in [-0.2, -0.15) is 0 Å². The molecule has 0 saturated heterocycles. The van der Waals surface area contributed by atoms with E-state index in [-0.39, 0.29) is 16.8 Å². The molecule has 34 heavy (non-hydrogen) atoms. The summed E-state index contributed by atoms with van der Waals surface area (Å²) >= 11 is 0. The summed E-state index contributed by atoms with van der Waals surface area (Å²) in [5.41, 5.74) is 3.84. The Balaban J connectivity index is 1.98. The van der Waals surface area contributed by atoms with Gasteiger partial charge < -0.3 is 18.8 Å². The van der Waals surface area contributed by atoms with E-state index in [1.807, 2.05) is 54.8 Å². The van der Waals surface area contributed by atoms with Crippen molar-refractivity contribution in [2.24, 2.45) is 0 Å². The summed E-state index contributed by atoms with van der Waals surface area (Å²) in [4.78, 5) is 27.0. The second-order valence-electron chi connectivity index (χ2n) is 8.16. The first kappa shape index (κ1) is 23.1. The van der Waals surface area contributed by atoms with Crippen molar-refractivity contribution in [1.29, 1.82) is 0 Å².